The summed E-state index contributed by atoms with van der Waals surface area (Å²) in [5, 5.41) is 2.58. The Kier molecular flexibility index (Phi) is 6.81. The van der Waals surface area contributed by atoms with E-state index in [4.69, 9.17) is 0 Å². The van der Waals surface area contributed by atoms with E-state index in [1.165, 1.54) is 6.08 Å². The van der Waals surface area contributed by atoms with Crippen molar-refractivity contribution in [2.24, 2.45) is 5.92 Å². The van der Waals surface area contributed by atoms with Crippen LogP contribution in [0.4, 0.5) is 5.82 Å². The maximum atomic E-state index is 12.3. The van der Waals surface area contributed by atoms with Crippen molar-refractivity contribution in [2.75, 3.05) is 57.3 Å². The van der Waals surface area contributed by atoms with Crippen molar-refractivity contribution >= 4 is 17.6 Å². The predicted molar refractivity (Wildman–Crippen MR) is 105 cm³/mol. The van der Waals surface area contributed by atoms with Crippen LogP contribution in [0.1, 0.15) is 12.8 Å². The average Bonchev–Trinajstić information content (AvgIpc) is 2.73. The Hall–Kier alpha value is -2.41. The van der Waals surface area contributed by atoms with Crippen molar-refractivity contribution in [1.82, 2.24) is 20.1 Å². The van der Waals surface area contributed by atoms with Gasteiger partial charge in [0.05, 0.1) is 6.54 Å². The van der Waals surface area contributed by atoms with Gasteiger partial charge in [0.15, 0.2) is 0 Å². The lowest BCUT2D eigenvalue weighted by Gasteiger charge is -2.39. The monoisotopic (exact) mass is 371 g/mol. The first-order valence-electron chi connectivity index (χ1n) is 9.72. The largest absolute Gasteiger partial charge is 0.354 e. The topological polar surface area (TPSA) is 68.8 Å². The third-order valence-corrected chi connectivity index (χ3v) is 5.33. The third kappa shape index (κ3) is 5.53. The average molecular weight is 371 g/mol. The van der Waals surface area contributed by atoms with Gasteiger partial charge in [0.2, 0.25) is 11.8 Å². The van der Waals surface area contributed by atoms with Gasteiger partial charge >= 0.3 is 0 Å². The Bertz CT molecular complexity index is 643. The minimum Gasteiger partial charge on any atom is -0.354 e. The van der Waals surface area contributed by atoms with Crippen molar-refractivity contribution in [1.29, 1.82) is 0 Å². The molecular weight excluding hydrogens is 342 g/mol. The van der Waals surface area contributed by atoms with Crippen LogP contribution in [0.25, 0.3) is 0 Å². The minimum absolute atomic E-state index is 0.00475. The van der Waals surface area contributed by atoms with Gasteiger partial charge in [-0.1, -0.05) is 12.6 Å². The summed E-state index contributed by atoms with van der Waals surface area (Å²) in [5.41, 5.74) is 0. The van der Waals surface area contributed by atoms with E-state index in [1.54, 1.807) is 0 Å². The number of anilines is 1. The van der Waals surface area contributed by atoms with E-state index in [2.05, 4.69) is 32.7 Å². The minimum atomic E-state index is -0.303. The highest BCUT2D eigenvalue weighted by atomic mass is 16.2. The first-order valence-corrected chi connectivity index (χ1v) is 9.72. The Morgan fingerprint density at radius 3 is 2.74 bits per heavy atom. The van der Waals surface area contributed by atoms with E-state index >= 15 is 0 Å². The second-order valence-electron chi connectivity index (χ2n) is 7.25. The molecule has 0 saturated carbocycles. The number of aromatic nitrogens is 1. The molecule has 27 heavy (non-hydrogen) atoms. The Labute approximate surface area is 161 Å². The molecule has 3 heterocycles. The Morgan fingerprint density at radius 2 is 2.04 bits per heavy atom. The summed E-state index contributed by atoms with van der Waals surface area (Å²) < 4.78 is 0. The number of piperidine rings is 1. The standard InChI is InChI=1S/C20H29N5O2/c1-2-19(26)22-14-20(27)25-9-5-6-17(16-25)15-23-10-12-24(13-11-23)18-7-3-4-8-21-18/h2-4,7-8,17H,1,5-6,9-16H2,(H,22,26). The van der Waals surface area contributed by atoms with Gasteiger partial charge in [0.1, 0.15) is 5.82 Å². The second-order valence-corrected chi connectivity index (χ2v) is 7.25. The van der Waals surface area contributed by atoms with Crippen LogP contribution in [0, 0.1) is 5.92 Å². The number of carbonyl (C=O) groups excluding carboxylic acids is 2. The zero-order chi connectivity index (χ0) is 19.1. The molecule has 0 aromatic carbocycles. The molecule has 1 atom stereocenters. The molecule has 7 heteroatoms. The molecule has 0 bridgehead atoms. The van der Waals surface area contributed by atoms with Crippen LogP contribution in [0.5, 0.6) is 0 Å². The van der Waals surface area contributed by atoms with Gasteiger partial charge in [0, 0.05) is 52.0 Å². The molecule has 2 fully saturated rings. The fourth-order valence-corrected chi connectivity index (χ4v) is 3.85. The smallest absolute Gasteiger partial charge is 0.243 e. The zero-order valence-electron chi connectivity index (χ0n) is 15.8. The molecule has 0 radical (unpaired) electrons. The maximum Gasteiger partial charge on any atom is 0.243 e. The highest BCUT2D eigenvalue weighted by Crippen LogP contribution is 2.19. The first kappa shape index (κ1) is 19.4. The van der Waals surface area contributed by atoms with E-state index in [-0.39, 0.29) is 18.4 Å². The third-order valence-electron chi connectivity index (χ3n) is 5.33. The Balaban J connectivity index is 1.42. The fraction of sp³-hybridized carbons (Fsp3) is 0.550. The van der Waals surface area contributed by atoms with E-state index in [1.807, 2.05) is 23.2 Å². The zero-order valence-corrected chi connectivity index (χ0v) is 15.8. The van der Waals surface area contributed by atoms with Crippen LogP contribution in [-0.2, 0) is 9.59 Å². The molecule has 7 nitrogen and oxygen atoms in total. The van der Waals surface area contributed by atoms with Crippen LogP contribution in [0.3, 0.4) is 0 Å². The quantitative estimate of drug-likeness (QED) is 0.747. The molecular formula is C20H29N5O2. The van der Waals surface area contributed by atoms with Gasteiger partial charge < -0.3 is 15.1 Å². The van der Waals surface area contributed by atoms with Gasteiger partial charge in [-0.05, 0) is 37.0 Å². The Morgan fingerprint density at radius 1 is 1.22 bits per heavy atom. The summed E-state index contributed by atoms with van der Waals surface area (Å²) in [4.78, 5) is 34.7. The molecule has 2 amide bonds. The van der Waals surface area contributed by atoms with Crippen LogP contribution < -0.4 is 10.2 Å². The van der Waals surface area contributed by atoms with Crippen LogP contribution in [0.15, 0.2) is 37.1 Å². The number of likely N-dealkylation sites (tertiary alicyclic amines) is 1. The number of rotatable bonds is 6. The summed E-state index contributed by atoms with van der Waals surface area (Å²) in [6, 6.07) is 6.03. The molecule has 146 valence electrons. The number of hydrogen-bond donors (Lipinski definition) is 1. The highest BCUT2D eigenvalue weighted by Gasteiger charge is 2.26. The summed E-state index contributed by atoms with van der Waals surface area (Å²) in [6.45, 7) is 10.1. The molecule has 2 aliphatic heterocycles. The van der Waals surface area contributed by atoms with E-state index < -0.39 is 0 Å². The molecule has 1 unspecified atom stereocenters. The molecule has 0 spiro atoms. The van der Waals surface area contributed by atoms with Crippen LogP contribution in [-0.4, -0.2) is 79.0 Å². The van der Waals surface area contributed by atoms with Crippen molar-refractivity contribution in [3.05, 3.63) is 37.1 Å². The van der Waals surface area contributed by atoms with Gasteiger partial charge in [-0.25, -0.2) is 4.98 Å². The number of pyridine rings is 1. The van der Waals surface area contributed by atoms with Gasteiger partial charge in [-0.15, -0.1) is 0 Å². The summed E-state index contributed by atoms with van der Waals surface area (Å²) in [5.74, 6) is 1.24. The lowest BCUT2D eigenvalue weighted by Crippen LogP contribution is -2.51. The summed E-state index contributed by atoms with van der Waals surface area (Å²) in [6.07, 6.45) is 5.21. The number of carbonyl (C=O) groups is 2. The molecule has 1 aromatic heterocycles. The van der Waals surface area contributed by atoms with E-state index in [0.717, 1.165) is 64.5 Å². The van der Waals surface area contributed by atoms with Crippen molar-refractivity contribution in [2.45, 2.75) is 12.8 Å². The van der Waals surface area contributed by atoms with Gasteiger partial charge in [0.25, 0.3) is 0 Å². The maximum absolute atomic E-state index is 12.3. The number of piperazine rings is 1. The van der Waals surface area contributed by atoms with Crippen LogP contribution >= 0.6 is 0 Å². The second kappa shape index (κ2) is 9.50. The van der Waals surface area contributed by atoms with E-state index in [9.17, 15) is 9.59 Å². The number of nitrogens with zero attached hydrogens (tertiary/aromatic N) is 4. The fourth-order valence-electron chi connectivity index (χ4n) is 3.85. The lowest BCUT2D eigenvalue weighted by molar-refractivity contribution is -0.133. The molecule has 1 N–H and O–H groups in total. The van der Waals surface area contributed by atoms with E-state index in [0.29, 0.717) is 5.92 Å². The SMILES string of the molecule is C=CC(=O)NCC(=O)N1CCCC(CN2CCN(c3ccccn3)CC2)C1. The molecule has 1 aromatic rings. The first-order chi connectivity index (χ1) is 13.2. The van der Waals surface area contributed by atoms with Gasteiger partial charge in [-0.2, -0.15) is 0 Å². The molecule has 2 saturated heterocycles. The van der Waals surface area contributed by atoms with Crippen molar-refractivity contribution < 1.29 is 9.59 Å². The van der Waals surface area contributed by atoms with Gasteiger partial charge in [-0.3, -0.25) is 14.5 Å². The molecule has 3 rings (SSSR count). The van der Waals surface area contributed by atoms with Crippen molar-refractivity contribution in [3.63, 3.8) is 0 Å². The molecule has 2 aliphatic rings. The van der Waals surface area contributed by atoms with Crippen LogP contribution in [0.2, 0.25) is 0 Å². The summed E-state index contributed by atoms with van der Waals surface area (Å²) >= 11 is 0. The lowest BCUT2D eigenvalue weighted by atomic mass is 9.97. The normalized spacial score (nSPS) is 21.0. The predicted octanol–water partition coefficient (Wildman–Crippen LogP) is 0.744. The summed E-state index contributed by atoms with van der Waals surface area (Å²) in [7, 11) is 0. The van der Waals surface area contributed by atoms with Crippen molar-refractivity contribution in [3.8, 4) is 0 Å². The molecule has 0 aliphatic carbocycles. The number of nitrogens with one attached hydrogen (secondary N) is 1. The number of hydrogen-bond acceptors (Lipinski definition) is 5. The number of amides is 2. The highest BCUT2D eigenvalue weighted by molar-refractivity contribution is 5.90.